The maximum absolute atomic E-state index is 5.11. The monoisotopic (exact) mass is 504 g/mol. The van der Waals surface area contributed by atoms with Crippen LogP contribution < -0.4 is 0 Å². The van der Waals surface area contributed by atoms with Crippen molar-refractivity contribution >= 4 is 0 Å². The van der Waals surface area contributed by atoms with Crippen LogP contribution in [-0.2, 0) is 12.0 Å². The van der Waals surface area contributed by atoms with Gasteiger partial charge in [0.1, 0.15) is 5.54 Å². The number of hydrogen-bond donors (Lipinski definition) is 0. The van der Waals surface area contributed by atoms with Gasteiger partial charge in [0.05, 0.1) is 12.0 Å². The molecule has 1 heterocycles. The lowest BCUT2D eigenvalue weighted by Gasteiger charge is -2.38. The van der Waals surface area contributed by atoms with E-state index in [0.29, 0.717) is 0 Å². The molecule has 190 valence electrons. The van der Waals surface area contributed by atoms with Gasteiger partial charge in [0.25, 0.3) is 0 Å². The van der Waals surface area contributed by atoms with E-state index in [0.717, 1.165) is 12.1 Å². The Hall–Kier alpha value is -4.69. The zero-order chi connectivity index (χ0) is 26.5. The Kier molecular flexibility index (Phi) is 6.93. The van der Waals surface area contributed by atoms with Crippen molar-refractivity contribution in [2.24, 2.45) is 0 Å². The third-order valence-corrected chi connectivity index (χ3v) is 7.85. The fourth-order valence-corrected chi connectivity index (χ4v) is 5.93. The topological polar surface area (TPSA) is 17.8 Å². The highest BCUT2D eigenvalue weighted by Crippen LogP contribution is 2.42. The molecule has 6 aromatic rings. The average Bonchev–Trinajstić information content (AvgIpc) is 3.38. The third kappa shape index (κ3) is 4.59. The molecule has 0 amide bonds. The predicted octanol–water partition coefficient (Wildman–Crippen LogP) is 8.41. The summed E-state index contributed by atoms with van der Waals surface area (Å²) in [6, 6.07) is 54.0. The first kappa shape index (κ1) is 24.6. The second-order valence-electron chi connectivity index (χ2n) is 10.0. The fourth-order valence-electron chi connectivity index (χ4n) is 5.93. The van der Waals surface area contributed by atoms with E-state index in [1.165, 1.54) is 33.5 Å². The summed E-state index contributed by atoms with van der Waals surface area (Å²) >= 11 is 0. The van der Waals surface area contributed by atoms with Gasteiger partial charge in [0.15, 0.2) is 0 Å². The van der Waals surface area contributed by atoms with Gasteiger partial charge in [-0.25, -0.2) is 4.98 Å². The molecule has 1 aromatic heterocycles. The number of hydrogen-bond acceptors (Lipinski definition) is 1. The summed E-state index contributed by atoms with van der Waals surface area (Å²) < 4.78 is 2.38. The van der Waals surface area contributed by atoms with Crippen molar-refractivity contribution in [3.05, 3.63) is 197 Å². The quantitative estimate of drug-likeness (QED) is 0.190. The van der Waals surface area contributed by atoms with Crippen molar-refractivity contribution in [3.8, 4) is 0 Å². The van der Waals surface area contributed by atoms with Crippen molar-refractivity contribution in [2.45, 2.75) is 24.8 Å². The molecule has 0 saturated carbocycles. The standard InChI is InChI=1S/C37H32N2/c1-29-36(27-35(30-17-7-2-8-18-30)31-19-9-3-10-20-31)38-28-39(29)37(32-21-11-4-12-22-32,33-23-13-5-14-24-33)34-25-15-6-16-26-34/h2-26,28,35H,27H2,1H3. The molecule has 5 aromatic carbocycles. The molecule has 6 rings (SSSR count). The van der Waals surface area contributed by atoms with Crippen molar-refractivity contribution in [2.75, 3.05) is 0 Å². The fraction of sp³-hybridized carbons (Fsp3) is 0.108. The van der Waals surface area contributed by atoms with Crippen LogP contribution in [0.1, 0.15) is 45.1 Å². The molecule has 0 fully saturated rings. The second kappa shape index (κ2) is 11.0. The van der Waals surface area contributed by atoms with Gasteiger partial charge in [-0.1, -0.05) is 152 Å². The van der Waals surface area contributed by atoms with Crippen LogP contribution in [-0.4, -0.2) is 9.55 Å². The Morgan fingerprint density at radius 2 is 0.897 bits per heavy atom. The zero-order valence-electron chi connectivity index (χ0n) is 22.2. The lowest BCUT2D eigenvalue weighted by Crippen LogP contribution is -2.38. The van der Waals surface area contributed by atoms with Gasteiger partial charge in [-0.05, 0) is 34.7 Å². The van der Waals surface area contributed by atoms with Gasteiger partial charge in [0, 0.05) is 18.0 Å². The van der Waals surface area contributed by atoms with Gasteiger partial charge in [-0.2, -0.15) is 0 Å². The lowest BCUT2D eigenvalue weighted by molar-refractivity contribution is 0.502. The molecule has 39 heavy (non-hydrogen) atoms. The first-order valence-electron chi connectivity index (χ1n) is 13.6. The summed E-state index contributed by atoms with van der Waals surface area (Å²) in [6.07, 6.45) is 2.87. The van der Waals surface area contributed by atoms with E-state index < -0.39 is 5.54 Å². The highest BCUT2D eigenvalue weighted by Gasteiger charge is 2.39. The number of benzene rings is 5. The smallest absolute Gasteiger partial charge is 0.121 e. The van der Waals surface area contributed by atoms with Gasteiger partial charge in [-0.15, -0.1) is 0 Å². The lowest BCUT2D eigenvalue weighted by atomic mass is 9.76. The van der Waals surface area contributed by atoms with E-state index in [1.807, 2.05) is 6.33 Å². The Morgan fingerprint density at radius 1 is 0.538 bits per heavy atom. The Labute approximate surface area is 231 Å². The van der Waals surface area contributed by atoms with Crippen LogP contribution in [0.5, 0.6) is 0 Å². The summed E-state index contributed by atoms with van der Waals surface area (Å²) in [5.41, 5.74) is 7.94. The normalized spacial score (nSPS) is 11.5. The van der Waals surface area contributed by atoms with Crippen LogP contribution in [0.3, 0.4) is 0 Å². The van der Waals surface area contributed by atoms with E-state index in [4.69, 9.17) is 4.98 Å². The van der Waals surface area contributed by atoms with Crippen molar-refractivity contribution in [1.29, 1.82) is 0 Å². The predicted molar refractivity (Wildman–Crippen MR) is 160 cm³/mol. The van der Waals surface area contributed by atoms with Crippen LogP contribution in [0.15, 0.2) is 158 Å². The summed E-state index contributed by atoms with van der Waals surface area (Å²) in [5, 5.41) is 0. The molecule has 0 radical (unpaired) electrons. The molecular weight excluding hydrogens is 472 g/mol. The molecule has 0 saturated heterocycles. The van der Waals surface area contributed by atoms with Gasteiger partial charge in [0.2, 0.25) is 0 Å². The number of aromatic nitrogens is 2. The first-order chi connectivity index (χ1) is 19.3. The molecular formula is C37H32N2. The summed E-state index contributed by atoms with van der Waals surface area (Å²) in [6.45, 7) is 2.22. The molecule has 0 aliphatic carbocycles. The molecule has 0 N–H and O–H groups in total. The van der Waals surface area contributed by atoms with Crippen LogP contribution in [0, 0.1) is 6.92 Å². The minimum atomic E-state index is -0.561. The van der Waals surface area contributed by atoms with E-state index in [2.05, 4.69) is 163 Å². The third-order valence-electron chi connectivity index (χ3n) is 7.85. The highest BCUT2D eigenvalue weighted by atomic mass is 15.1. The highest BCUT2D eigenvalue weighted by molar-refractivity contribution is 5.51. The molecule has 0 aliphatic rings. The van der Waals surface area contributed by atoms with Gasteiger partial charge in [-0.3, -0.25) is 0 Å². The zero-order valence-corrected chi connectivity index (χ0v) is 22.2. The number of rotatable bonds is 8. The molecule has 0 spiro atoms. The van der Waals surface area contributed by atoms with E-state index in [9.17, 15) is 0 Å². The average molecular weight is 505 g/mol. The minimum Gasteiger partial charge on any atom is -0.316 e. The van der Waals surface area contributed by atoms with Crippen LogP contribution in [0.25, 0.3) is 0 Å². The molecule has 0 bridgehead atoms. The Balaban J connectivity index is 1.55. The Morgan fingerprint density at radius 3 is 1.28 bits per heavy atom. The van der Waals surface area contributed by atoms with E-state index in [1.54, 1.807) is 0 Å². The molecule has 0 unspecified atom stereocenters. The van der Waals surface area contributed by atoms with Crippen LogP contribution in [0.2, 0.25) is 0 Å². The SMILES string of the molecule is Cc1c(CC(c2ccccc2)c2ccccc2)ncn1C(c1ccccc1)(c1ccccc1)c1ccccc1. The van der Waals surface area contributed by atoms with Gasteiger partial charge < -0.3 is 4.57 Å². The number of imidazole rings is 1. The summed E-state index contributed by atoms with van der Waals surface area (Å²) in [7, 11) is 0. The molecule has 0 aliphatic heterocycles. The second-order valence-corrected chi connectivity index (χ2v) is 10.0. The van der Waals surface area contributed by atoms with E-state index in [-0.39, 0.29) is 5.92 Å². The molecule has 2 heteroatoms. The van der Waals surface area contributed by atoms with Crippen LogP contribution >= 0.6 is 0 Å². The minimum absolute atomic E-state index is 0.217. The van der Waals surface area contributed by atoms with Crippen molar-refractivity contribution < 1.29 is 0 Å². The maximum Gasteiger partial charge on any atom is 0.121 e. The van der Waals surface area contributed by atoms with Crippen molar-refractivity contribution in [1.82, 2.24) is 9.55 Å². The van der Waals surface area contributed by atoms with Gasteiger partial charge >= 0.3 is 0 Å². The summed E-state index contributed by atoms with van der Waals surface area (Å²) in [4.78, 5) is 5.11. The maximum atomic E-state index is 5.11. The Bertz CT molecular complexity index is 1470. The van der Waals surface area contributed by atoms with Crippen molar-refractivity contribution in [3.63, 3.8) is 0 Å². The number of nitrogens with zero attached hydrogens (tertiary/aromatic N) is 2. The van der Waals surface area contributed by atoms with Crippen LogP contribution in [0.4, 0.5) is 0 Å². The van der Waals surface area contributed by atoms with E-state index >= 15 is 0 Å². The summed E-state index contributed by atoms with van der Waals surface area (Å²) in [5.74, 6) is 0.217. The first-order valence-corrected chi connectivity index (χ1v) is 13.6. The molecule has 0 atom stereocenters. The largest absolute Gasteiger partial charge is 0.316 e. The molecule has 2 nitrogen and oxygen atoms in total.